The number of hydrogen-bond donors (Lipinski definition) is 2. The summed E-state index contributed by atoms with van der Waals surface area (Å²) in [5.74, 6) is 0.838. The van der Waals surface area contributed by atoms with E-state index in [1.807, 2.05) is 25.1 Å². The van der Waals surface area contributed by atoms with Crippen LogP contribution in [0.2, 0.25) is 0 Å². The number of methoxy groups -OCH3 is 1. The first-order chi connectivity index (χ1) is 12.9. The number of aryl methyl sites for hydroxylation is 1. The second-order valence-corrected chi connectivity index (χ2v) is 6.90. The summed E-state index contributed by atoms with van der Waals surface area (Å²) < 4.78 is 11.6. The van der Waals surface area contributed by atoms with E-state index >= 15 is 0 Å². The van der Waals surface area contributed by atoms with Crippen molar-refractivity contribution < 1.29 is 19.1 Å². The molecule has 0 aromatic heterocycles. The Morgan fingerprint density at radius 3 is 2.44 bits per heavy atom. The number of anilines is 1. The summed E-state index contributed by atoms with van der Waals surface area (Å²) in [5.41, 5.74) is 1.72. The number of benzene rings is 2. The monoisotopic (exact) mass is 434 g/mol. The number of hydrogen-bond acceptors (Lipinski definition) is 4. The van der Waals surface area contributed by atoms with E-state index in [4.69, 9.17) is 9.47 Å². The molecular formula is C20H23BrN2O4. The fourth-order valence-corrected chi connectivity index (χ4v) is 2.66. The smallest absolute Gasteiger partial charge is 0.260 e. The lowest BCUT2D eigenvalue weighted by Gasteiger charge is -2.15. The largest absolute Gasteiger partial charge is 0.497 e. The van der Waals surface area contributed by atoms with Gasteiger partial charge in [-0.15, -0.1) is 0 Å². The number of carbonyl (C=O) groups excluding carboxylic acids is 2. The second kappa shape index (κ2) is 9.97. The highest BCUT2D eigenvalue weighted by atomic mass is 79.9. The van der Waals surface area contributed by atoms with E-state index in [1.165, 1.54) is 0 Å². The summed E-state index contributed by atoms with van der Waals surface area (Å²) in [4.78, 5) is 24.2. The predicted molar refractivity (Wildman–Crippen MR) is 108 cm³/mol. The molecule has 2 aromatic rings. The molecule has 0 bridgehead atoms. The average Bonchev–Trinajstić information content (AvgIpc) is 2.65. The minimum Gasteiger partial charge on any atom is -0.497 e. The van der Waals surface area contributed by atoms with Crippen LogP contribution in [0.25, 0.3) is 0 Å². The molecule has 6 nitrogen and oxygen atoms in total. The molecule has 0 heterocycles. The molecule has 0 spiro atoms. The van der Waals surface area contributed by atoms with Gasteiger partial charge in [0.2, 0.25) is 5.91 Å². The number of ether oxygens (including phenoxy) is 2. The molecule has 27 heavy (non-hydrogen) atoms. The molecule has 0 fully saturated rings. The first-order valence-corrected chi connectivity index (χ1v) is 9.32. The van der Waals surface area contributed by atoms with E-state index in [0.717, 1.165) is 15.7 Å². The average molecular weight is 435 g/mol. The third-order valence-corrected chi connectivity index (χ3v) is 4.36. The molecule has 144 valence electrons. The Morgan fingerprint density at radius 2 is 1.78 bits per heavy atom. The summed E-state index contributed by atoms with van der Waals surface area (Å²) in [5, 5.41) is 5.55. The first-order valence-electron chi connectivity index (χ1n) is 8.53. The predicted octanol–water partition coefficient (Wildman–Crippen LogP) is 3.68. The first kappa shape index (κ1) is 20.8. The summed E-state index contributed by atoms with van der Waals surface area (Å²) in [7, 11) is 1.58. The van der Waals surface area contributed by atoms with Gasteiger partial charge in [0.15, 0.2) is 6.10 Å². The van der Waals surface area contributed by atoms with Crippen molar-refractivity contribution in [3.63, 3.8) is 0 Å². The van der Waals surface area contributed by atoms with Crippen molar-refractivity contribution in [1.82, 2.24) is 5.32 Å². The normalized spacial score (nSPS) is 11.4. The third-order valence-electron chi connectivity index (χ3n) is 3.87. The maximum Gasteiger partial charge on any atom is 0.260 e. The molecule has 0 aliphatic carbocycles. The Kier molecular flexibility index (Phi) is 7.67. The summed E-state index contributed by atoms with van der Waals surface area (Å²) in [6.45, 7) is 3.81. The van der Waals surface area contributed by atoms with E-state index < -0.39 is 6.10 Å². The second-order valence-electron chi connectivity index (χ2n) is 5.98. The van der Waals surface area contributed by atoms with E-state index in [1.54, 1.807) is 38.3 Å². The zero-order chi connectivity index (χ0) is 19.8. The van der Waals surface area contributed by atoms with Crippen molar-refractivity contribution in [2.75, 3.05) is 19.0 Å². The van der Waals surface area contributed by atoms with Gasteiger partial charge in [0, 0.05) is 23.1 Å². The van der Waals surface area contributed by atoms with Crippen molar-refractivity contribution in [3.05, 3.63) is 52.5 Å². The summed E-state index contributed by atoms with van der Waals surface area (Å²) >= 11 is 3.38. The zero-order valence-electron chi connectivity index (χ0n) is 15.5. The van der Waals surface area contributed by atoms with Gasteiger partial charge < -0.3 is 20.1 Å². The molecule has 7 heteroatoms. The third kappa shape index (κ3) is 6.60. The molecular weight excluding hydrogens is 412 g/mol. The van der Waals surface area contributed by atoms with Crippen LogP contribution in [-0.4, -0.2) is 31.6 Å². The molecule has 2 N–H and O–H groups in total. The van der Waals surface area contributed by atoms with Crippen LogP contribution in [-0.2, 0) is 9.59 Å². The highest BCUT2D eigenvalue weighted by Gasteiger charge is 2.15. The Morgan fingerprint density at radius 1 is 1.11 bits per heavy atom. The Bertz CT molecular complexity index is 793. The van der Waals surface area contributed by atoms with Gasteiger partial charge in [-0.1, -0.05) is 22.0 Å². The maximum absolute atomic E-state index is 12.1. The molecule has 2 aromatic carbocycles. The minimum absolute atomic E-state index is 0.166. The highest BCUT2D eigenvalue weighted by Crippen LogP contribution is 2.21. The molecule has 1 unspecified atom stereocenters. The van der Waals surface area contributed by atoms with Crippen LogP contribution in [0, 0.1) is 6.92 Å². The van der Waals surface area contributed by atoms with Crippen LogP contribution in [0.4, 0.5) is 5.69 Å². The lowest BCUT2D eigenvalue weighted by atomic mass is 10.2. The highest BCUT2D eigenvalue weighted by molar-refractivity contribution is 9.10. The van der Waals surface area contributed by atoms with E-state index in [2.05, 4.69) is 26.6 Å². The zero-order valence-corrected chi connectivity index (χ0v) is 17.1. The number of halogens is 1. The van der Waals surface area contributed by atoms with Crippen LogP contribution in [0.5, 0.6) is 11.5 Å². The van der Waals surface area contributed by atoms with Gasteiger partial charge in [0.25, 0.3) is 5.91 Å². The van der Waals surface area contributed by atoms with Gasteiger partial charge in [0.1, 0.15) is 11.5 Å². The van der Waals surface area contributed by atoms with E-state index in [9.17, 15) is 9.59 Å². The SMILES string of the molecule is COc1ccc(OC(C)C(=O)NCCC(=O)Nc2cc(Br)ccc2C)cc1. The van der Waals surface area contributed by atoms with Crippen LogP contribution in [0.3, 0.4) is 0 Å². The molecule has 0 radical (unpaired) electrons. The minimum atomic E-state index is -0.672. The molecule has 2 amide bonds. The Labute approximate surface area is 167 Å². The fourth-order valence-electron chi connectivity index (χ4n) is 2.30. The van der Waals surface area contributed by atoms with Gasteiger partial charge >= 0.3 is 0 Å². The van der Waals surface area contributed by atoms with Crippen LogP contribution in [0.1, 0.15) is 18.9 Å². The van der Waals surface area contributed by atoms with Crippen molar-refractivity contribution in [3.8, 4) is 11.5 Å². The van der Waals surface area contributed by atoms with Crippen molar-refractivity contribution in [1.29, 1.82) is 0 Å². The molecule has 0 aliphatic rings. The number of amides is 2. The van der Waals surface area contributed by atoms with Crippen molar-refractivity contribution >= 4 is 33.4 Å². The molecule has 2 rings (SSSR count). The van der Waals surface area contributed by atoms with Gasteiger partial charge in [-0.25, -0.2) is 0 Å². The van der Waals surface area contributed by atoms with Crippen LogP contribution in [0.15, 0.2) is 46.9 Å². The lowest BCUT2D eigenvalue weighted by Crippen LogP contribution is -2.37. The van der Waals surface area contributed by atoms with Gasteiger partial charge in [-0.2, -0.15) is 0 Å². The summed E-state index contributed by atoms with van der Waals surface area (Å²) in [6, 6.07) is 12.7. The van der Waals surface area contributed by atoms with Gasteiger partial charge in [0.05, 0.1) is 7.11 Å². The Balaban J connectivity index is 1.75. The quantitative estimate of drug-likeness (QED) is 0.664. The maximum atomic E-state index is 12.1. The lowest BCUT2D eigenvalue weighted by molar-refractivity contribution is -0.127. The van der Waals surface area contributed by atoms with Gasteiger partial charge in [-0.05, 0) is 55.8 Å². The van der Waals surface area contributed by atoms with Gasteiger partial charge in [-0.3, -0.25) is 9.59 Å². The Hall–Kier alpha value is -2.54. The number of nitrogens with one attached hydrogen (secondary N) is 2. The standard InChI is InChI=1S/C20H23BrN2O4/c1-13-4-5-15(21)12-18(13)23-19(24)10-11-22-20(25)14(2)27-17-8-6-16(26-3)7-9-17/h4-9,12,14H,10-11H2,1-3H3,(H,22,25)(H,23,24). The fraction of sp³-hybridized carbons (Fsp3) is 0.300. The number of rotatable bonds is 8. The van der Waals surface area contributed by atoms with E-state index in [-0.39, 0.29) is 24.8 Å². The molecule has 0 saturated heterocycles. The van der Waals surface area contributed by atoms with Crippen molar-refractivity contribution in [2.45, 2.75) is 26.4 Å². The molecule has 0 aliphatic heterocycles. The van der Waals surface area contributed by atoms with Crippen LogP contribution >= 0.6 is 15.9 Å². The number of carbonyl (C=O) groups is 2. The summed E-state index contributed by atoms with van der Waals surface area (Å²) in [6.07, 6.45) is -0.499. The van der Waals surface area contributed by atoms with Crippen molar-refractivity contribution in [2.24, 2.45) is 0 Å². The van der Waals surface area contributed by atoms with Crippen LogP contribution < -0.4 is 20.1 Å². The molecule has 0 saturated carbocycles. The topological polar surface area (TPSA) is 76.7 Å². The molecule has 1 atom stereocenters. The van der Waals surface area contributed by atoms with E-state index in [0.29, 0.717) is 11.5 Å².